The molecule has 0 aliphatic carbocycles. The minimum Gasteiger partial charge on any atom is -0.460 e. The number of carbonyl (C=O) groups is 2. The zero-order chi connectivity index (χ0) is 37.1. The number of hydrogen-bond donors (Lipinski definition) is 1. The quantitative estimate of drug-likeness (QED) is 0.102. The summed E-state index contributed by atoms with van der Waals surface area (Å²) in [6.45, 7) is 28.4. The van der Waals surface area contributed by atoms with Crippen LogP contribution < -0.4 is 5.32 Å². The van der Waals surface area contributed by atoms with Crippen molar-refractivity contribution in [1.29, 1.82) is 0 Å². The number of fused-ring (bicyclic) bond motifs is 1. The molecule has 1 aliphatic heterocycles. The number of carbonyl (C=O) groups excluding carboxylic acids is 2. The summed E-state index contributed by atoms with van der Waals surface area (Å²) < 4.78 is 20.1. The Labute approximate surface area is 302 Å². The van der Waals surface area contributed by atoms with E-state index >= 15 is 0 Å². The summed E-state index contributed by atoms with van der Waals surface area (Å²) in [5, 5.41) is 4.00. The van der Waals surface area contributed by atoms with Gasteiger partial charge in [0, 0.05) is 16.7 Å². The fourth-order valence-corrected chi connectivity index (χ4v) is 8.11. The molecule has 1 amide bonds. The first-order chi connectivity index (χ1) is 23.2. The lowest BCUT2D eigenvalue weighted by molar-refractivity contribution is -0.139. The van der Waals surface area contributed by atoms with Crippen molar-refractivity contribution in [3.63, 3.8) is 0 Å². The lowest BCUT2D eigenvalue weighted by Gasteiger charge is -2.48. The van der Waals surface area contributed by atoms with Crippen LogP contribution in [0.5, 0.6) is 0 Å². The van der Waals surface area contributed by atoms with Gasteiger partial charge in [0.1, 0.15) is 12.3 Å². The first-order valence-corrected chi connectivity index (χ1v) is 23.5. The number of esters is 1. The van der Waals surface area contributed by atoms with E-state index in [0.717, 1.165) is 16.7 Å². The van der Waals surface area contributed by atoms with E-state index in [1.165, 1.54) is 0 Å². The maximum atomic E-state index is 14.5. The summed E-state index contributed by atoms with van der Waals surface area (Å²) in [5.41, 5.74) is 2.54. The first-order valence-electron chi connectivity index (χ1n) is 17.7. The van der Waals surface area contributed by atoms with Gasteiger partial charge < -0.3 is 18.5 Å². The Morgan fingerprint density at radius 3 is 1.94 bits per heavy atom. The Bertz CT molecular complexity index is 1650. The molecule has 3 aromatic rings. The number of rotatable bonds is 14. The van der Waals surface area contributed by atoms with Crippen LogP contribution in [0.25, 0.3) is 0 Å². The molecule has 0 radical (unpaired) electrons. The monoisotopic (exact) mass is 714 g/mol. The average Bonchev–Trinajstić information content (AvgIpc) is 3.29. The standard InChI is InChI=1S/C41H58N2O5Si2/c1-30(2)38(45)46-28-27-43-37(44)33-25-19-20-26-34(33)41(43,32-23-17-14-18-24-32)42-35(29-47-49(9,10)39(3,4)5)36(31-21-15-13-16-22-31)48-50(11,12)40(6,7)8/h13-26,35-36,42H,1,27-29H2,2-12H3. The van der Waals surface area contributed by atoms with E-state index in [1.54, 1.807) is 6.92 Å². The Balaban J connectivity index is 1.96. The van der Waals surface area contributed by atoms with Gasteiger partial charge in [0.25, 0.3) is 5.91 Å². The average molecular weight is 715 g/mol. The van der Waals surface area contributed by atoms with Gasteiger partial charge in [0.2, 0.25) is 0 Å². The SMILES string of the molecule is C=C(C)C(=O)OCCN1C(=O)c2ccccc2C1(NC(CO[Si](C)(C)C(C)(C)C)C(O[Si](C)(C)C(C)(C)C)c1ccccc1)c1ccccc1. The molecular formula is C41H58N2O5Si2. The van der Waals surface area contributed by atoms with Crippen molar-refractivity contribution >= 4 is 28.5 Å². The fraction of sp³-hybridized carbons (Fsp3) is 0.463. The second-order valence-corrected chi connectivity index (χ2v) is 26.1. The Morgan fingerprint density at radius 1 is 0.840 bits per heavy atom. The van der Waals surface area contributed by atoms with Crippen molar-refractivity contribution < 1.29 is 23.2 Å². The van der Waals surface area contributed by atoms with Gasteiger partial charge in [-0.3, -0.25) is 10.1 Å². The molecule has 0 aromatic heterocycles. The molecular weight excluding hydrogens is 657 g/mol. The van der Waals surface area contributed by atoms with E-state index in [0.29, 0.717) is 17.7 Å². The molecule has 7 nitrogen and oxygen atoms in total. The van der Waals surface area contributed by atoms with Crippen LogP contribution in [0.15, 0.2) is 97.1 Å². The highest BCUT2D eigenvalue weighted by atomic mass is 28.4. The molecule has 9 heteroatoms. The van der Waals surface area contributed by atoms with E-state index in [4.69, 9.17) is 13.6 Å². The number of hydrogen-bond acceptors (Lipinski definition) is 6. The minimum absolute atomic E-state index is 0.00933. The number of nitrogens with one attached hydrogen (secondary N) is 1. The third-order valence-electron chi connectivity index (χ3n) is 10.8. The lowest BCUT2D eigenvalue weighted by Crippen LogP contribution is -2.62. The summed E-state index contributed by atoms with van der Waals surface area (Å²) in [4.78, 5) is 28.8. The summed E-state index contributed by atoms with van der Waals surface area (Å²) in [5.74, 6) is -0.631. The van der Waals surface area contributed by atoms with Crippen LogP contribution in [0, 0.1) is 0 Å². The summed E-state index contributed by atoms with van der Waals surface area (Å²) in [6, 6.07) is 27.8. The topological polar surface area (TPSA) is 77.1 Å². The van der Waals surface area contributed by atoms with Crippen molar-refractivity contribution in [2.24, 2.45) is 0 Å². The zero-order valence-electron chi connectivity index (χ0n) is 32.1. The Hall–Kier alpha value is -3.35. The lowest BCUT2D eigenvalue weighted by atomic mass is 9.88. The highest BCUT2D eigenvalue weighted by molar-refractivity contribution is 6.74. The van der Waals surface area contributed by atoms with Gasteiger partial charge in [-0.05, 0) is 60.4 Å². The maximum absolute atomic E-state index is 14.5. The van der Waals surface area contributed by atoms with E-state index in [9.17, 15) is 9.59 Å². The molecule has 3 atom stereocenters. The van der Waals surface area contributed by atoms with Crippen LogP contribution in [0.3, 0.4) is 0 Å². The van der Waals surface area contributed by atoms with Crippen molar-refractivity contribution in [2.45, 2.75) is 103 Å². The van der Waals surface area contributed by atoms with Crippen LogP contribution >= 0.6 is 0 Å². The van der Waals surface area contributed by atoms with Crippen molar-refractivity contribution in [3.8, 4) is 0 Å². The van der Waals surface area contributed by atoms with E-state index < -0.39 is 40.4 Å². The molecule has 1 N–H and O–H groups in total. The van der Waals surface area contributed by atoms with Crippen molar-refractivity contribution in [2.75, 3.05) is 19.8 Å². The molecule has 50 heavy (non-hydrogen) atoms. The predicted octanol–water partition coefficient (Wildman–Crippen LogP) is 9.21. The smallest absolute Gasteiger partial charge is 0.333 e. The molecule has 1 aliphatic rings. The molecule has 3 aromatic carbocycles. The van der Waals surface area contributed by atoms with Crippen LogP contribution in [-0.4, -0.2) is 59.2 Å². The van der Waals surface area contributed by atoms with Gasteiger partial charge in [-0.1, -0.05) is 127 Å². The van der Waals surface area contributed by atoms with Crippen LogP contribution in [-0.2, 0) is 24.0 Å². The van der Waals surface area contributed by atoms with E-state index in [2.05, 4.69) is 91.8 Å². The summed E-state index contributed by atoms with van der Waals surface area (Å²) in [6.07, 6.45) is -0.409. The number of ether oxygens (including phenoxy) is 1. The maximum Gasteiger partial charge on any atom is 0.333 e. The molecule has 0 fully saturated rings. The highest BCUT2D eigenvalue weighted by Gasteiger charge is 2.53. The second-order valence-electron chi connectivity index (χ2n) is 16.5. The Kier molecular flexibility index (Phi) is 11.9. The van der Waals surface area contributed by atoms with E-state index in [-0.39, 0.29) is 29.1 Å². The molecule has 0 saturated carbocycles. The molecule has 3 unspecified atom stereocenters. The summed E-state index contributed by atoms with van der Waals surface area (Å²) >= 11 is 0. The van der Waals surface area contributed by atoms with Crippen LogP contribution in [0.1, 0.15) is 81.6 Å². The molecule has 0 saturated heterocycles. The third kappa shape index (κ3) is 8.23. The third-order valence-corrected chi connectivity index (χ3v) is 19.8. The zero-order valence-corrected chi connectivity index (χ0v) is 34.1. The summed E-state index contributed by atoms with van der Waals surface area (Å²) in [7, 11) is -4.61. The number of benzene rings is 3. The first kappa shape index (κ1) is 39.4. The Morgan fingerprint density at radius 2 is 1.38 bits per heavy atom. The number of amides is 1. The highest BCUT2D eigenvalue weighted by Crippen LogP contribution is 2.46. The largest absolute Gasteiger partial charge is 0.460 e. The van der Waals surface area contributed by atoms with Crippen LogP contribution in [0.2, 0.25) is 36.3 Å². The van der Waals surface area contributed by atoms with Gasteiger partial charge in [-0.2, -0.15) is 0 Å². The van der Waals surface area contributed by atoms with Gasteiger partial charge in [-0.25, -0.2) is 4.79 Å². The van der Waals surface area contributed by atoms with E-state index in [1.807, 2.05) is 77.7 Å². The normalized spacial score (nSPS) is 18.1. The van der Waals surface area contributed by atoms with Gasteiger partial charge in [0.15, 0.2) is 16.6 Å². The van der Waals surface area contributed by atoms with Crippen LogP contribution in [0.4, 0.5) is 0 Å². The minimum atomic E-state index is -2.36. The van der Waals surface area contributed by atoms with Gasteiger partial charge in [0.05, 0.1) is 25.3 Å². The van der Waals surface area contributed by atoms with Gasteiger partial charge in [-0.15, -0.1) is 0 Å². The molecule has 270 valence electrons. The predicted molar refractivity (Wildman–Crippen MR) is 208 cm³/mol. The van der Waals surface area contributed by atoms with Crippen molar-refractivity contribution in [1.82, 2.24) is 10.2 Å². The van der Waals surface area contributed by atoms with Crippen molar-refractivity contribution in [3.05, 3.63) is 119 Å². The number of nitrogens with zero attached hydrogens (tertiary/aromatic N) is 1. The second kappa shape index (κ2) is 15.1. The van der Waals surface area contributed by atoms with Gasteiger partial charge >= 0.3 is 5.97 Å². The fourth-order valence-electron chi connectivity index (χ4n) is 5.79. The molecule has 0 spiro atoms. The molecule has 0 bridgehead atoms. The molecule has 4 rings (SSSR count). The molecule has 1 heterocycles.